The number of nitrogens with one attached hydrogen (secondary N) is 3. The molecule has 34 heavy (non-hydrogen) atoms. The van der Waals surface area contributed by atoms with E-state index in [4.69, 9.17) is 10.2 Å². The molecule has 0 radical (unpaired) electrons. The van der Waals surface area contributed by atoms with Crippen LogP contribution in [0.4, 0.5) is 0 Å². The van der Waals surface area contributed by atoms with Gasteiger partial charge in [-0.2, -0.15) is 0 Å². The normalized spacial score (nSPS) is 23.6. The van der Waals surface area contributed by atoms with E-state index in [1.807, 2.05) is 0 Å². The van der Waals surface area contributed by atoms with Gasteiger partial charge in [0.2, 0.25) is 22.8 Å². The zero-order chi connectivity index (χ0) is 26.2. The second-order valence-corrected chi connectivity index (χ2v) is 9.35. The molecular formula is C20H31N3O10S. The summed E-state index contributed by atoms with van der Waals surface area (Å²) in [5, 5.41) is 44.7. The predicted molar refractivity (Wildman–Crippen MR) is 118 cm³/mol. The zero-order valence-electron chi connectivity index (χ0n) is 19.1. The second kappa shape index (κ2) is 12.7. The van der Waals surface area contributed by atoms with Crippen LogP contribution >= 0.6 is 11.8 Å². The minimum absolute atomic E-state index is 0.00346. The number of rotatable bonds is 13. The van der Waals surface area contributed by atoms with Crippen molar-refractivity contribution in [3.63, 3.8) is 0 Å². The molecule has 0 aromatic heterocycles. The van der Waals surface area contributed by atoms with Crippen LogP contribution < -0.4 is 16.0 Å². The minimum Gasteiger partial charge on any atom is -0.481 e. The number of aliphatic carboxylic acids is 2. The molecule has 0 bridgehead atoms. The summed E-state index contributed by atoms with van der Waals surface area (Å²) < 4.78 is 0. The summed E-state index contributed by atoms with van der Waals surface area (Å²) in [7, 11) is 0. The molecule has 0 aliphatic carbocycles. The van der Waals surface area contributed by atoms with Crippen molar-refractivity contribution >= 4 is 46.5 Å². The Hall–Kier alpha value is -2.71. The second-order valence-electron chi connectivity index (χ2n) is 8.36. The van der Waals surface area contributed by atoms with E-state index >= 15 is 0 Å². The molecule has 1 fully saturated rings. The third-order valence-corrected chi connectivity index (χ3v) is 6.46. The molecule has 192 valence electrons. The number of hydrogen-bond acceptors (Lipinski definition) is 9. The zero-order valence-corrected chi connectivity index (χ0v) is 19.9. The Morgan fingerprint density at radius 3 is 2.21 bits per heavy atom. The van der Waals surface area contributed by atoms with Crippen molar-refractivity contribution in [1.82, 2.24) is 16.0 Å². The van der Waals surface area contributed by atoms with Gasteiger partial charge in [0.25, 0.3) is 0 Å². The number of hydrogen-bond donors (Lipinski definition) is 7. The van der Waals surface area contributed by atoms with E-state index in [1.54, 1.807) is 13.8 Å². The van der Waals surface area contributed by atoms with Crippen LogP contribution in [0, 0.1) is 11.8 Å². The van der Waals surface area contributed by atoms with E-state index in [2.05, 4.69) is 16.0 Å². The van der Waals surface area contributed by atoms with Gasteiger partial charge in [-0.15, -0.1) is 0 Å². The van der Waals surface area contributed by atoms with Gasteiger partial charge in [0.05, 0.1) is 18.1 Å². The molecule has 1 aliphatic rings. The predicted octanol–water partition coefficient (Wildman–Crippen LogP) is -1.93. The SMILES string of the molecule is CC(C)C(O)C1(C(=O)SCC(NC(=O)CCCC(=O)O)C(=O)NCC(=O)O)NC(=O)C(C)C1O. The molecule has 1 heterocycles. The Labute approximate surface area is 200 Å². The molecule has 0 saturated carbocycles. The Bertz CT molecular complexity index is 820. The van der Waals surface area contributed by atoms with E-state index < -0.39 is 82.7 Å². The Morgan fingerprint density at radius 2 is 1.74 bits per heavy atom. The average molecular weight is 506 g/mol. The lowest BCUT2D eigenvalue weighted by Gasteiger charge is -2.37. The number of aliphatic hydroxyl groups excluding tert-OH is 2. The molecule has 0 aromatic carbocycles. The van der Waals surface area contributed by atoms with Gasteiger partial charge in [0, 0.05) is 18.6 Å². The van der Waals surface area contributed by atoms with Gasteiger partial charge in [-0.3, -0.25) is 28.8 Å². The molecule has 0 spiro atoms. The highest BCUT2D eigenvalue weighted by atomic mass is 32.2. The van der Waals surface area contributed by atoms with E-state index in [9.17, 15) is 39.0 Å². The number of carbonyl (C=O) groups excluding carboxylic acids is 4. The first-order chi connectivity index (χ1) is 15.7. The maximum atomic E-state index is 13.2. The quantitative estimate of drug-likeness (QED) is 0.146. The monoisotopic (exact) mass is 505 g/mol. The van der Waals surface area contributed by atoms with E-state index in [1.165, 1.54) is 6.92 Å². The smallest absolute Gasteiger partial charge is 0.322 e. The van der Waals surface area contributed by atoms with Gasteiger partial charge < -0.3 is 36.4 Å². The summed E-state index contributed by atoms with van der Waals surface area (Å²) >= 11 is 0.477. The first kappa shape index (κ1) is 29.3. The minimum atomic E-state index is -2.04. The van der Waals surface area contributed by atoms with Gasteiger partial charge in [-0.05, 0) is 12.3 Å². The topological polar surface area (TPSA) is 219 Å². The van der Waals surface area contributed by atoms with Crippen LogP contribution in [0.1, 0.15) is 40.0 Å². The number of carbonyl (C=O) groups is 6. The molecule has 3 amide bonds. The van der Waals surface area contributed by atoms with E-state index in [0.29, 0.717) is 11.8 Å². The number of carboxylic acids is 2. The standard InChI is InChI=1S/C20H31N3O10S/c1-9(2)15(29)20(16(30)10(3)17(31)23-20)19(33)34-8-11(18(32)21-7-14(27)28)22-12(24)5-4-6-13(25)26/h9-11,15-16,29-30H,4-8H2,1-3H3,(H,21,32)(H,22,24)(H,23,31)(H,25,26)(H,27,28). The van der Waals surface area contributed by atoms with Crippen LogP contribution in [-0.2, 0) is 28.8 Å². The highest BCUT2D eigenvalue weighted by Gasteiger charge is 2.60. The first-order valence-corrected chi connectivity index (χ1v) is 11.6. The maximum Gasteiger partial charge on any atom is 0.322 e. The summed E-state index contributed by atoms with van der Waals surface area (Å²) in [6.07, 6.45) is -3.52. The van der Waals surface area contributed by atoms with Crippen molar-refractivity contribution < 1.29 is 49.2 Å². The molecule has 1 saturated heterocycles. The van der Waals surface area contributed by atoms with E-state index in [0.717, 1.165) is 0 Å². The third kappa shape index (κ3) is 7.40. The molecule has 1 rings (SSSR count). The number of thioether (sulfide) groups is 1. The third-order valence-electron chi connectivity index (χ3n) is 5.36. The van der Waals surface area contributed by atoms with Gasteiger partial charge >= 0.3 is 11.9 Å². The summed E-state index contributed by atoms with van der Waals surface area (Å²) in [6.45, 7) is 3.83. The molecule has 13 nitrogen and oxygen atoms in total. The summed E-state index contributed by atoms with van der Waals surface area (Å²) in [6, 6.07) is -1.38. The molecule has 5 atom stereocenters. The number of aliphatic hydroxyl groups is 2. The van der Waals surface area contributed by atoms with Gasteiger partial charge in [0.15, 0.2) is 5.54 Å². The summed E-state index contributed by atoms with van der Waals surface area (Å²) in [5.74, 6) is -6.60. The highest BCUT2D eigenvalue weighted by molar-refractivity contribution is 8.13. The molecular weight excluding hydrogens is 474 g/mol. The Balaban J connectivity index is 3.02. The fourth-order valence-corrected chi connectivity index (χ4v) is 4.49. The van der Waals surface area contributed by atoms with Gasteiger partial charge in [-0.1, -0.05) is 32.5 Å². The molecule has 0 aromatic rings. The fourth-order valence-electron chi connectivity index (χ4n) is 3.41. The fraction of sp³-hybridized carbons (Fsp3) is 0.700. The lowest BCUT2D eigenvalue weighted by atomic mass is 9.81. The van der Waals surface area contributed by atoms with Crippen molar-refractivity contribution in [2.45, 2.75) is 63.8 Å². The first-order valence-electron chi connectivity index (χ1n) is 10.6. The van der Waals surface area contributed by atoms with Crippen LogP contribution in [0.2, 0.25) is 0 Å². The maximum absolute atomic E-state index is 13.2. The number of carboxylic acid groups (broad SMARTS) is 2. The van der Waals surface area contributed by atoms with Gasteiger partial charge in [-0.25, -0.2) is 0 Å². The Morgan fingerprint density at radius 1 is 1.12 bits per heavy atom. The van der Waals surface area contributed by atoms with Crippen LogP contribution in [0.25, 0.3) is 0 Å². The van der Waals surface area contributed by atoms with Crippen LogP contribution in [0.3, 0.4) is 0 Å². The molecule has 1 aliphatic heterocycles. The lowest BCUT2D eigenvalue weighted by Crippen LogP contribution is -2.64. The van der Waals surface area contributed by atoms with Crippen molar-refractivity contribution in [3.8, 4) is 0 Å². The van der Waals surface area contributed by atoms with Crippen LogP contribution in [0.15, 0.2) is 0 Å². The summed E-state index contributed by atoms with van der Waals surface area (Å²) in [4.78, 5) is 71.2. The van der Waals surface area contributed by atoms with Crippen molar-refractivity contribution in [1.29, 1.82) is 0 Å². The van der Waals surface area contributed by atoms with Crippen molar-refractivity contribution in [3.05, 3.63) is 0 Å². The van der Waals surface area contributed by atoms with Gasteiger partial charge in [0.1, 0.15) is 12.6 Å². The lowest BCUT2D eigenvalue weighted by molar-refractivity contribution is -0.138. The molecule has 5 unspecified atom stereocenters. The molecule has 14 heteroatoms. The van der Waals surface area contributed by atoms with Crippen molar-refractivity contribution in [2.24, 2.45) is 11.8 Å². The molecule has 7 N–H and O–H groups in total. The van der Waals surface area contributed by atoms with Crippen LogP contribution in [0.5, 0.6) is 0 Å². The highest BCUT2D eigenvalue weighted by Crippen LogP contribution is 2.36. The number of amides is 3. The Kier molecular flexibility index (Phi) is 10.9. The average Bonchev–Trinajstić information content (AvgIpc) is 2.98. The summed E-state index contributed by atoms with van der Waals surface area (Å²) in [5.41, 5.74) is -2.04. The van der Waals surface area contributed by atoms with E-state index in [-0.39, 0.29) is 19.3 Å². The largest absolute Gasteiger partial charge is 0.481 e. The van der Waals surface area contributed by atoms with Crippen molar-refractivity contribution in [2.75, 3.05) is 12.3 Å². The van der Waals surface area contributed by atoms with Crippen LogP contribution in [-0.4, -0.2) is 91.3 Å².